The van der Waals surface area contributed by atoms with Crippen molar-refractivity contribution in [1.29, 1.82) is 5.26 Å². The molecular formula is C25H26N4O2. The Morgan fingerprint density at radius 2 is 1.81 bits per heavy atom. The lowest BCUT2D eigenvalue weighted by molar-refractivity contribution is -0.112. The SMILES string of the molecule is CCOc1ccc(NC(=O)/C(C#N)=C/c2c(C)nn(Cc3ccc(C)cc3)c2C)cc1. The van der Waals surface area contributed by atoms with E-state index in [1.807, 2.05) is 31.5 Å². The van der Waals surface area contributed by atoms with Gasteiger partial charge in [-0.05, 0) is 63.6 Å². The van der Waals surface area contributed by atoms with Gasteiger partial charge in [0.2, 0.25) is 0 Å². The fourth-order valence-corrected chi connectivity index (χ4v) is 3.23. The molecule has 2 aromatic carbocycles. The molecular weight excluding hydrogens is 388 g/mol. The summed E-state index contributed by atoms with van der Waals surface area (Å²) in [5, 5.41) is 16.9. The maximum atomic E-state index is 12.7. The van der Waals surface area contributed by atoms with E-state index >= 15 is 0 Å². The van der Waals surface area contributed by atoms with Crippen molar-refractivity contribution < 1.29 is 9.53 Å². The van der Waals surface area contributed by atoms with Gasteiger partial charge in [0.15, 0.2) is 0 Å². The Kier molecular flexibility index (Phi) is 6.88. The third-order valence-electron chi connectivity index (χ3n) is 4.97. The molecule has 0 atom stereocenters. The van der Waals surface area contributed by atoms with Crippen LogP contribution in [0.2, 0.25) is 0 Å². The molecule has 1 heterocycles. The summed E-state index contributed by atoms with van der Waals surface area (Å²) < 4.78 is 7.30. The lowest BCUT2D eigenvalue weighted by Gasteiger charge is -2.07. The number of hydrogen-bond donors (Lipinski definition) is 1. The minimum Gasteiger partial charge on any atom is -0.494 e. The quantitative estimate of drug-likeness (QED) is 0.445. The van der Waals surface area contributed by atoms with Crippen LogP contribution in [0.15, 0.2) is 54.1 Å². The maximum absolute atomic E-state index is 12.7. The first-order valence-electron chi connectivity index (χ1n) is 10.2. The third kappa shape index (κ3) is 5.40. The van der Waals surface area contributed by atoms with Crippen molar-refractivity contribution in [2.75, 3.05) is 11.9 Å². The van der Waals surface area contributed by atoms with Gasteiger partial charge < -0.3 is 10.1 Å². The Morgan fingerprint density at radius 1 is 1.13 bits per heavy atom. The average Bonchev–Trinajstić information content (AvgIpc) is 3.02. The predicted molar refractivity (Wildman–Crippen MR) is 122 cm³/mol. The van der Waals surface area contributed by atoms with E-state index in [4.69, 9.17) is 4.74 Å². The molecule has 3 aromatic rings. The van der Waals surface area contributed by atoms with Crippen LogP contribution in [0.4, 0.5) is 5.69 Å². The molecule has 1 amide bonds. The van der Waals surface area contributed by atoms with E-state index in [2.05, 4.69) is 41.6 Å². The second-order valence-corrected chi connectivity index (χ2v) is 7.31. The van der Waals surface area contributed by atoms with Gasteiger partial charge in [0.1, 0.15) is 17.4 Å². The van der Waals surface area contributed by atoms with Crippen molar-refractivity contribution >= 4 is 17.7 Å². The zero-order chi connectivity index (χ0) is 22.4. The van der Waals surface area contributed by atoms with Crippen molar-refractivity contribution in [3.63, 3.8) is 0 Å². The highest BCUT2D eigenvalue weighted by Crippen LogP contribution is 2.20. The summed E-state index contributed by atoms with van der Waals surface area (Å²) in [5.74, 6) is 0.264. The number of anilines is 1. The van der Waals surface area contributed by atoms with Crippen molar-refractivity contribution in [1.82, 2.24) is 9.78 Å². The molecule has 0 aliphatic carbocycles. The first-order valence-corrected chi connectivity index (χ1v) is 10.2. The molecule has 0 bridgehead atoms. The zero-order valence-electron chi connectivity index (χ0n) is 18.3. The van der Waals surface area contributed by atoms with Crippen LogP contribution < -0.4 is 10.1 Å². The molecule has 0 unspecified atom stereocenters. The predicted octanol–water partition coefficient (Wildman–Crippen LogP) is 4.80. The largest absolute Gasteiger partial charge is 0.494 e. The fourth-order valence-electron chi connectivity index (χ4n) is 3.23. The summed E-state index contributed by atoms with van der Waals surface area (Å²) in [6.07, 6.45) is 1.60. The highest BCUT2D eigenvalue weighted by molar-refractivity contribution is 6.09. The summed E-state index contributed by atoms with van der Waals surface area (Å²) in [7, 11) is 0. The molecule has 31 heavy (non-hydrogen) atoms. The standard InChI is InChI=1S/C25H26N4O2/c1-5-31-23-12-10-22(11-13-23)27-25(30)21(15-26)14-24-18(3)28-29(19(24)4)16-20-8-6-17(2)7-9-20/h6-14H,5,16H2,1-4H3,(H,27,30)/b21-14+. The zero-order valence-corrected chi connectivity index (χ0v) is 18.3. The van der Waals surface area contributed by atoms with Crippen LogP contribution >= 0.6 is 0 Å². The number of carbonyl (C=O) groups excluding carboxylic acids is 1. The number of carbonyl (C=O) groups is 1. The van der Waals surface area contributed by atoms with Gasteiger partial charge in [-0.3, -0.25) is 9.48 Å². The Balaban J connectivity index is 1.79. The Morgan fingerprint density at radius 3 is 2.42 bits per heavy atom. The van der Waals surface area contributed by atoms with Gasteiger partial charge in [-0.2, -0.15) is 10.4 Å². The van der Waals surface area contributed by atoms with E-state index < -0.39 is 5.91 Å². The highest BCUT2D eigenvalue weighted by Gasteiger charge is 2.15. The van der Waals surface area contributed by atoms with Gasteiger partial charge in [-0.15, -0.1) is 0 Å². The lowest BCUT2D eigenvalue weighted by atomic mass is 10.1. The van der Waals surface area contributed by atoms with Crippen molar-refractivity contribution in [2.24, 2.45) is 0 Å². The molecule has 6 heteroatoms. The molecule has 0 radical (unpaired) electrons. The van der Waals surface area contributed by atoms with Crippen LogP contribution in [0, 0.1) is 32.1 Å². The molecule has 158 valence electrons. The number of aryl methyl sites for hydroxylation is 2. The van der Waals surface area contributed by atoms with Crippen LogP contribution in [0.5, 0.6) is 5.75 Å². The fraction of sp³-hybridized carbons (Fsp3) is 0.240. The van der Waals surface area contributed by atoms with Crippen molar-refractivity contribution in [3.8, 4) is 11.8 Å². The number of aromatic nitrogens is 2. The molecule has 3 rings (SSSR count). The van der Waals surface area contributed by atoms with Crippen LogP contribution in [0.1, 0.15) is 35.0 Å². The van der Waals surface area contributed by atoms with E-state index in [-0.39, 0.29) is 5.57 Å². The minimum atomic E-state index is -0.461. The molecule has 0 saturated carbocycles. The van der Waals surface area contributed by atoms with Crippen LogP contribution in [-0.2, 0) is 11.3 Å². The summed E-state index contributed by atoms with van der Waals surface area (Å²) in [5.41, 5.74) is 5.42. The number of nitrogens with zero attached hydrogens (tertiary/aromatic N) is 3. The summed E-state index contributed by atoms with van der Waals surface area (Å²) in [6, 6.07) is 17.3. The van der Waals surface area contributed by atoms with Crippen LogP contribution in [0.25, 0.3) is 6.08 Å². The van der Waals surface area contributed by atoms with E-state index in [0.29, 0.717) is 18.8 Å². The summed E-state index contributed by atoms with van der Waals surface area (Å²) >= 11 is 0. The summed E-state index contributed by atoms with van der Waals surface area (Å²) in [6.45, 7) is 8.98. The maximum Gasteiger partial charge on any atom is 0.266 e. The number of nitrogens with one attached hydrogen (secondary N) is 1. The van der Waals surface area contributed by atoms with E-state index in [0.717, 1.165) is 28.3 Å². The topological polar surface area (TPSA) is 79.9 Å². The molecule has 1 N–H and O–H groups in total. The van der Waals surface area contributed by atoms with Gasteiger partial charge in [0.05, 0.1) is 18.8 Å². The number of rotatable bonds is 7. The number of ether oxygens (including phenoxy) is 1. The van der Waals surface area contributed by atoms with E-state index in [1.54, 1.807) is 30.3 Å². The summed E-state index contributed by atoms with van der Waals surface area (Å²) in [4.78, 5) is 12.7. The monoisotopic (exact) mass is 414 g/mol. The molecule has 0 spiro atoms. The molecule has 0 aliphatic heterocycles. The average molecular weight is 415 g/mol. The van der Waals surface area contributed by atoms with Gasteiger partial charge in [-0.25, -0.2) is 0 Å². The number of nitriles is 1. The molecule has 0 aliphatic rings. The van der Waals surface area contributed by atoms with Crippen molar-refractivity contribution in [2.45, 2.75) is 34.2 Å². The Labute approximate surface area is 182 Å². The third-order valence-corrected chi connectivity index (χ3v) is 4.97. The molecule has 0 fully saturated rings. The second-order valence-electron chi connectivity index (χ2n) is 7.31. The minimum absolute atomic E-state index is 0.0231. The molecule has 1 aromatic heterocycles. The molecule has 6 nitrogen and oxygen atoms in total. The number of benzene rings is 2. The molecule has 0 saturated heterocycles. The lowest BCUT2D eigenvalue weighted by Crippen LogP contribution is -2.13. The van der Waals surface area contributed by atoms with Gasteiger partial charge in [-0.1, -0.05) is 29.8 Å². The smallest absolute Gasteiger partial charge is 0.266 e. The highest BCUT2D eigenvalue weighted by atomic mass is 16.5. The van der Waals surface area contributed by atoms with E-state index in [9.17, 15) is 10.1 Å². The number of amides is 1. The Hall–Kier alpha value is -3.85. The first-order chi connectivity index (χ1) is 14.9. The second kappa shape index (κ2) is 9.77. The normalized spacial score (nSPS) is 11.1. The van der Waals surface area contributed by atoms with Gasteiger partial charge in [0, 0.05) is 16.9 Å². The Bertz CT molecular complexity index is 1130. The van der Waals surface area contributed by atoms with Gasteiger partial charge in [0.25, 0.3) is 5.91 Å². The van der Waals surface area contributed by atoms with Crippen molar-refractivity contribution in [3.05, 3.63) is 82.2 Å². The first kappa shape index (κ1) is 21.8. The van der Waals surface area contributed by atoms with Crippen LogP contribution in [-0.4, -0.2) is 22.3 Å². The number of hydrogen-bond acceptors (Lipinski definition) is 4. The van der Waals surface area contributed by atoms with Crippen LogP contribution in [0.3, 0.4) is 0 Å². The van der Waals surface area contributed by atoms with E-state index in [1.165, 1.54) is 5.56 Å². The van der Waals surface area contributed by atoms with Gasteiger partial charge >= 0.3 is 0 Å².